The lowest BCUT2D eigenvalue weighted by molar-refractivity contribution is -0.259. The molecule has 0 radical (unpaired) electrons. The second-order valence-electron chi connectivity index (χ2n) is 10.5. The Morgan fingerprint density at radius 2 is 1.05 bits per heavy atom. The van der Waals surface area contributed by atoms with Crippen LogP contribution in [0.15, 0.2) is 43.0 Å². The molecular weight excluding hydrogens is 530 g/mol. The van der Waals surface area contributed by atoms with E-state index >= 15 is 0 Å². The van der Waals surface area contributed by atoms with Crippen molar-refractivity contribution in [3.05, 3.63) is 54.4 Å². The average molecular weight is 568 g/mol. The fourth-order valence-electron chi connectivity index (χ4n) is 5.34. The standard InChI is InChI=1S/C25H37N5O10/c31-10-16-18(33)20(35)22(37)24(39-16)29-6-4-27(12-29)8-14-2-1-3-15(26-14)9-28-5-7-30(13-28)25-23(38)21(36)19(34)17(11-32)40-25/h1-7,16-25,31-38H,8-13H2/t16-,17-,18-,19-,20+,21+,22-,23-,24-,25-/m1/s1. The van der Waals surface area contributed by atoms with Gasteiger partial charge in [-0.05, 0) is 12.1 Å². The quantitative estimate of drug-likeness (QED) is 0.150. The Hall–Kier alpha value is -2.57. The largest absolute Gasteiger partial charge is 0.394 e. The van der Waals surface area contributed by atoms with Crippen molar-refractivity contribution in [2.75, 3.05) is 26.6 Å². The van der Waals surface area contributed by atoms with Gasteiger partial charge in [-0.1, -0.05) is 6.07 Å². The molecule has 40 heavy (non-hydrogen) atoms. The lowest BCUT2D eigenvalue weighted by Gasteiger charge is -2.43. The summed E-state index contributed by atoms with van der Waals surface area (Å²) in [6.45, 7) is 0.572. The Kier molecular flexibility index (Phi) is 8.77. The van der Waals surface area contributed by atoms with Crippen LogP contribution in [0.1, 0.15) is 11.4 Å². The molecule has 10 atom stereocenters. The van der Waals surface area contributed by atoms with Crippen LogP contribution in [0.4, 0.5) is 0 Å². The zero-order valence-corrected chi connectivity index (χ0v) is 21.7. The molecule has 8 N–H and O–H groups in total. The summed E-state index contributed by atoms with van der Waals surface area (Å²) in [5.74, 6) is 0. The molecule has 2 saturated heterocycles. The van der Waals surface area contributed by atoms with Gasteiger partial charge < -0.3 is 69.9 Å². The minimum Gasteiger partial charge on any atom is -0.394 e. The molecule has 2 fully saturated rings. The monoisotopic (exact) mass is 567 g/mol. The van der Waals surface area contributed by atoms with Gasteiger partial charge >= 0.3 is 0 Å². The van der Waals surface area contributed by atoms with Gasteiger partial charge in [-0.3, -0.25) is 4.98 Å². The number of hydrogen-bond acceptors (Lipinski definition) is 15. The van der Waals surface area contributed by atoms with E-state index < -0.39 is 74.5 Å². The first-order valence-corrected chi connectivity index (χ1v) is 13.1. The minimum atomic E-state index is -1.45. The normalized spacial score (nSPS) is 38.1. The van der Waals surface area contributed by atoms with E-state index in [1.54, 1.807) is 34.6 Å². The van der Waals surface area contributed by atoms with Crippen molar-refractivity contribution >= 4 is 0 Å². The molecule has 0 amide bonds. The Labute approximate surface area is 230 Å². The van der Waals surface area contributed by atoms with Gasteiger partial charge in [0.2, 0.25) is 0 Å². The Morgan fingerprint density at radius 3 is 1.45 bits per heavy atom. The topological polar surface area (TPSA) is 206 Å². The predicted octanol–water partition coefficient (Wildman–Crippen LogP) is -4.23. The van der Waals surface area contributed by atoms with E-state index in [0.717, 1.165) is 11.4 Å². The van der Waals surface area contributed by atoms with Gasteiger partial charge in [0.25, 0.3) is 0 Å². The molecule has 5 heterocycles. The van der Waals surface area contributed by atoms with E-state index in [0.29, 0.717) is 26.4 Å². The molecule has 0 aromatic carbocycles. The van der Waals surface area contributed by atoms with Crippen LogP contribution >= 0.6 is 0 Å². The summed E-state index contributed by atoms with van der Waals surface area (Å²) in [5.41, 5.74) is 1.57. The SMILES string of the molecule is OC[C@H]1O[C@@H](N2C=CN(Cc3cccc(CN4C=CN([C@@H]5O[C@H](CO)[C@@H](O)[C@H](O)[C@H]5O)C4)n3)C2)[C@H](O)[C@@H](O)[C@@H]1O. The maximum absolute atomic E-state index is 10.4. The van der Waals surface area contributed by atoms with E-state index in [-0.39, 0.29) is 0 Å². The first-order valence-electron chi connectivity index (χ1n) is 13.1. The molecule has 222 valence electrons. The van der Waals surface area contributed by atoms with Crippen molar-refractivity contribution in [3.8, 4) is 0 Å². The summed E-state index contributed by atoms with van der Waals surface area (Å²) in [4.78, 5) is 12.0. The highest BCUT2D eigenvalue weighted by Crippen LogP contribution is 2.28. The van der Waals surface area contributed by atoms with Crippen LogP contribution in [0.5, 0.6) is 0 Å². The second kappa shape index (κ2) is 12.1. The molecule has 4 aliphatic rings. The van der Waals surface area contributed by atoms with Crippen molar-refractivity contribution in [1.29, 1.82) is 0 Å². The van der Waals surface area contributed by atoms with Crippen LogP contribution in [-0.2, 0) is 22.6 Å². The van der Waals surface area contributed by atoms with Crippen molar-refractivity contribution in [1.82, 2.24) is 24.6 Å². The van der Waals surface area contributed by atoms with E-state index in [2.05, 4.69) is 0 Å². The highest BCUT2D eigenvalue weighted by molar-refractivity contribution is 5.13. The summed E-state index contributed by atoms with van der Waals surface area (Å²) in [6, 6.07) is 5.66. The summed E-state index contributed by atoms with van der Waals surface area (Å²) in [7, 11) is 0. The average Bonchev–Trinajstić information content (AvgIpc) is 3.61. The van der Waals surface area contributed by atoms with E-state index in [9.17, 15) is 40.9 Å². The van der Waals surface area contributed by atoms with E-state index in [4.69, 9.17) is 14.5 Å². The number of ether oxygens (including phenoxy) is 2. The van der Waals surface area contributed by atoms with Gasteiger partial charge in [0.15, 0.2) is 12.5 Å². The first-order chi connectivity index (χ1) is 19.2. The molecule has 5 rings (SSSR count). The zero-order chi connectivity index (χ0) is 28.6. The number of aliphatic hydroxyl groups excluding tert-OH is 8. The molecule has 1 aromatic rings. The lowest BCUT2D eigenvalue weighted by Crippen LogP contribution is -2.62. The number of rotatable bonds is 8. The van der Waals surface area contributed by atoms with Crippen molar-refractivity contribution in [3.63, 3.8) is 0 Å². The Bertz CT molecular complexity index is 985. The van der Waals surface area contributed by atoms with Crippen LogP contribution in [0.3, 0.4) is 0 Å². The van der Waals surface area contributed by atoms with Crippen molar-refractivity contribution in [2.24, 2.45) is 0 Å². The molecule has 15 heteroatoms. The van der Waals surface area contributed by atoms with Crippen molar-refractivity contribution in [2.45, 2.75) is 74.4 Å². The van der Waals surface area contributed by atoms with Gasteiger partial charge in [0.1, 0.15) is 48.8 Å². The molecule has 0 unspecified atom stereocenters. The number of nitrogens with zero attached hydrogens (tertiary/aromatic N) is 5. The van der Waals surface area contributed by atoms with Gasteiger partial charge in [-0.2, -0.15) is 0 Å². The second-order valence-corrected chi connectivity index (χ2v) is 10.5. The molecule has 0 aliphatic carbocycles. The fraction of sp³-hybridized carbons (Fsp3) is 0.640. The van der Waals surface area contributed by atoms with E-state index in [1.807, 2.05) is 28.0 Å². The molecule has 0 spiro atoms. The Morgan fingerprint density at radius 1 is 0.625 bits per heavy atom. The number of aliphatic hydroxyl groups is 8. The highest BCUT2D eigenvalue weighted by atomic mass is 16.6. The Balaban J connectivity index is 1.14. The number of hydrogen-bond donors (Lipinski definition) is 8. The van der Waals surface area contributed by atoms with E-state index in [1.165, 1.54) is 0 Å². The summed E-state index contributed by atoms with van der Waals surface area (Å²) >= 11 is 0. The summed E-state index contributed by atoms with van der Waals surface area (Å²) in [5, 5.41) is 79.9. The predicted molar refractivity (Wildman–Crippen MR) is 135 cm³/mol. The third-order valence-corrected chi connectivity index (χ3v) is 7.61. The molecule has 0 bridgehead atoms. The summed E-state index contributed by atoms with van der Waals surface area (Å²) < 4.78 is 11.3. The van der Waals surface area contributed by atoms with Gasteiger partial charge in [0.05, 0.1) is 51.0 Å². The third kappa shape index (κ3) is 5.75. The molecule has 0 saturated carbocycles. The first kappa shape index (κ1) is 28.9. The number of pyridine rings is 1. The maximum atomic E-state index is 10.4. The lowest BCUT2D eigenvalue weighted by atomic mass is 9.98. The molecule has 1 aromatic heterocycles. The van der Waals surface area contributed by atoms with Crippen LogP contribution in [-0.4, -0.2) is 153 Å². The van der Waals surface area contributed by atoms with Gasteiger partial charge in [0, 0.05) is 24.8 Å². The van der Waals surface area contributed by atoms with Crippen LogP contribution < -0.4 is 0 Å². The maximum Gasteiger partial charge on any atom is 0.160 e. The van der Waals surface area contributed by atoms with Crippen LogP contribution in [0.2, 0.25) is 0 Å². The number of aromatic nitrogens is 1. The summed E-state index contributed by atoms with van der Waals surface area (Å²) in [6.07, 6.45) is -5.29. The fourth-order valence-corrected chi connectivity index (χ4v) is 5.34. The third-order valence-electron chi connectivity index (χ3n) is 7.61. The smallest absolute Gasteiger partial charge is 0.160 e. The molecule has 15 nitrogen and oxygen atoms in total. The highest BCUT2D eigenvalue weighted by Gasteiger charge is 2.47. The molecular formula is C25H37N5O10. The molecule has 4 aliphatic heterocycles. The van der Waals surface area contributed by atoms with Crippen LogP contribution in [0, 0.1) is 0 Å². The van der Waals surface area contributed by atoms with Crippen molar-refractivity contribution < 1.29 is 50.3 Å². The van der Waals surface area contributed by atoms with Gasteiger partial charge in [-0.25, -0.2) is 0 Å². The minimum absolute atomic E-state index is 0.331. The zero-order valence-electron chi connectivity index (χ0n) is 21.7. The van der Waals surface area contributed by atoms with Gasteiger partial charge in [-0.15, -0.1) is 0 Å². The van der Waals surface area contributed by atoms with Crippen LogP contribution in [0.25, 0.3) is 0 Å².